The molecule has 2 aliphatic rings. The normalized spacial score (nSPS) is 14.0. The van der Waals surface area contributed by atoms with E-state index in [1.54, 1.807) is 4.68 Å². The number of esters is 1. The zero-order valence-corrected chi connectivity index (χ0v) is 26.8. The van der Waals surface area contributed by atoms with Crippen LogP contribution in [0.4, 0.5) is 4.39 Å². The average Bonchev–Trinajstić information content (AvgIpc) is 3.74. The molecule has 238 valence electrons. The third kappa shape index (κ3) is 5.28. The fourth-order valence-electron chi connectivity index (χ4n) is 7.33. The van der Waals surface area contributed by atoms with E-state index in [0.29, 0.717) is 55.8 Å². The van der Waals surface area contributed by atoms with Gasteiger partial charge in [0.25, 0.3) is 0 Å². The van der Waals surface area contributed by atoms with Crippen LogP contribution in [0.5, 0.6) is 5.75 Å². The van der Waals surface area contributed by atoms with E-state index >= 15 is 4.39 Å². The summed E-state index contributed by atoms with van der Waals surface area (Å²) in [6.45, 7) is 5.61. The molecular weight excluding hydrogens is 581 g/mol. The summed E-state index contributed by atoms with van der Waals surface area (Å²) in [4.78, 5) is 13.9. The highest BCUT2D eigenvalue weighted by atomic mass is 19.1. The molecule has 1 aliphatic carbocycles. The number of hydrogen-bond donors (Lipinski definition) is 0. The van der Waals surface area contributed by atoms with Crippen LogP contribution >= 0.6 is 0 Å². The number of aryl methyl sites for hydroxylation is 4. The molecule has 7 rings (SSSR count). The summed E-state index contributed by atoms with van der Waals surface area (Å²) in [6.07, 6.45) is 5.18. The number of nitrogens with zero attached hydrogens (tertiary/aromatic N) is 3. The van der Waals surface area contributed by atoms with Crippen LogP contribution in [-0.4, -0.2) is 33.5 Å². The van der Waals surface area contributed by atoms with Crippen LogP contribution in [0.2, 0.25) is 0 Å². The van der Waals surface area contributed by atoms with Gasteiger partial charge in [-0.25, -0.2) is 9.18 Å². The first-order valence-electron chi connectivity index (χ1n) is 16.4. The summed E-state index contributed by atoms with van der Waals surface area (Å²) in [5.41, 5.74) is 9.49. The van der Waals surface area contributed by atoms with Gasteiger partial charge in [0, 0.05) is 30.1 Å². The van der Waals surface area contributed by atoms with Crippen LogP contribution in [0.1, 0.15) is 76.4 Å². The Labute approximate surface area is 268 Å². The number of hydrogen-bond acceptors (Lipinski definition) is 5. The van der Waals surface area contributed by atoms with Gasteiger partial charge < -0.3 is 18.8 Å². The van der Waals surface area contributed by atoms with Gasteiger partial charge in [-0.05, 0) is 91.5 Å². The predicted molar refractivity (Wildman–Crippen MR) is 176 cm³/mol. The van der Waals surface area contributed by atoms with E-state index in [1.165, 1.54) is 17.2 Å². The van der Waals surface area contributed by atoms with Crippen molar-refractivity contribution in [1.29, 1.82) is 0 Å². The van der Waals surface area contributed by atoms with Crippen molar-refractivity contribution in [3.8, 4) is 16.9 Å². The Morgan fingerprint density at radius 2 is 1.80 bits per heavy atom. The number of aromatic nitrogens is 3. The summed E-state index contributed by atoms with van der Waals surface area (Å²) in [5.74, 6) is 0.190. The number of fused-ring (bicyclic) bond motifs is 4. The van der Waals surface area contributed by atoms with Crippen molar-refractivity contribution in [1.82, 2.24) is 14.3 Å². The summed E-state index contributed by atoms with van der Waals surface area (Å²) in [6, 6.07) is 17.7. The van der Waals surface area contributed by atoms with E-state index in [9.17, 15) is 4.79 Å². The number of rotatable bonds is 8. The first-order chi connectivity index (χ1) is 22.5. The van der Waals surface area contributed by atoms with Crippen LogP contribution in [0.15, 0.2) is 54.6 Å². The van der Waals surface area contributed by atoms with Gasteiger partial charge in [0.2, 0.25) is 0 Å². The maximum atomic E-state index is 16.3. The predicted octanol–water partition coefficient (Wildman–Crippen LogP) is 7.50. The molecule has 3 aromatic carbocycles. The van der Waals surface area contributed by atoms with Gasteiger partial charge in [-0.2, -0.15) is 5.10 Å². The van der Waals surface area contributed by atoms with Gasteiger partial charge >= 0.3 is 5.97 Å². The second kappa shape index (κ2) is 12.8. The van der Waals surface area contributed by atoms with Crippen LogP contribution < -0.4 is 4.74 Å². The summed E-state index contributed by atoms with van der Waals surface area (Å²) < 4.78 is 38.4. The molecule has 0 atom stereocenters. The van der Waals surface area contributed by atoms with Crippen molar-refractivity contribution in [2.45, 2.75) is 72.1 Å². The van der Waals surface area contributed by atoms with E-state index in [4.69, 9.17) is 19.3 Å². The topological polar surface area (TPSA) is 67.5 Å². The lowest BCUT2D eigenvalue weighted by atomic mass is 9.96. The monoisotopic (exact) mass is 621 g/mol. The van der Waals surface area contributed by atoms with E-state index in [0.717, 1.165) is 64.0 Å². The molecular formula is C38H40FN3O4. The van der Waals surface area contributed by atoms with Crippen molar-refractivity contribution >= 4 is 16.9 Å². The number of ether oxygens (including phenoxy) is 3. The fourth-order valence-corrected chi connectivity index (χ4v) is 7.33. The van der Waals surface area contributed by atoms with Gasteiger partial charge in [0.1, 0.15) is 17.3 Å². The molecule has 7 nitrogen and oxygen atoms in total. The zero-order chi connectivity index (χ0) is 31.8. The number of benzene rings is 3. The Morgan fingerprint density at radius 1 is 0.978 bits per heavy atom. The minimum atomic E-state index is -0.410. The highest BCUT2D eigenvalue weighted by molar-refractivity contribution is 6.05. The van der Waals surface area contributed by atoms with Crippen LogP contribution in [0.25, 0.3) is 22.0 Å². The Hall–Kier alpha value is -4.43. The van der Waals surface area contributed by atoms with Crippen molar-refractivity contribution in [3.05, 3.63) is 105 Å². The average molecular weight is 622 g/mol. The number of carbonyl (C=O) groups excluding carboxylic acids is 1. The van der Waals surface area contributed by atoms with E-state index < -0.39 is 5.97 Å². The summed E-state index contributed by atoms with van der Waals surface area (Å²) in [5, 5.41) is 5.63. The lowest BCUT2D eigenvalue weighted by Crippen LogP contribution is -2.16. The molecule has 0 spiro atoms. The molecule has 3 heterocycles. The Balaban J connectivity index is 1.40. The van der Waals surface area contributed by atoms with E-state index in [-0.39, 0.29) is 19.0 Å². The Morgan fingerprint density at radius 3 is 2.63 bits per heavy atom. The van der Waals surface area contributed by atoms with E-state index in [1.807, 2.05) is 55.8 Å². The molecule has 46 heavy (non-hydrogen) atoms. The summed E-state index contributed by atoms with van der Waals surface area (Å²) >= 11 is 0. The molecule has 0 saturated heterocycles. The van der Waals surface area contributed by atoms with Crippen molar-refractivity contribution in [2.75, 3.05) is 13.2 Å². The second-order valence-corrected chi connectivity index (χ2v) is 12.2. The lowest BCUT2D eigenvalue weighted by molar-refractivity contribution is 0.0513. The standard InChI is InChI=1S/C38H40FN3O4/c1-4-31-35-32(41(3)40-31)23-44-22-26-12-7-6-11-25(26)21-42-36-29(18-19-30(39)34(35)36)28(37(42)38(43)45-5-2)16-10-20-46-33-17-9-14-24-13-8-15-27(24)33/h6-7,9,11-12,14,17-19H,4-5,8,10,13,15-16,20-23H2,1-3H3. The first-order valence-corrected chi connectivity index (χ1v) is 16.4. The third-order valence-corrected chi connectivity index (χ3v) is 9.44. The molecule has 8 heteroatoms. The molecule has 0 saturated carbocycles. The van der Waals surface area contributed by atoms with Gasteiger partial charge in [-0.1, -0.05) is 43.3 Å². The van der Waals surface area contributed by atoms with Crippen molar-refractivity contribution in [2.24, 2.45) is 7.05 Å². The molecule has 0 radical (unpaired) electrons. The summed E-state index contributed by atoms with van der Waals surface area (Å²) in [7, 11) is 1.88. The van der Waals surface area contributed by atoms with Crippen molar-refractivity contribution < 1.29 is 23.4 Å². The molecule has 0 unspecified atom stereocenters. The lowest BCUT2D eigenvalue weighted by Gasteiger charge is -2.16. The van der Waals surface area contributed by atoms with Gasteiger partial charge in [0.05, 0.1) is 43.3 Å². The first kappa shape index (κ1) is 30.2. The largest absolute Gasteiger partial charge is 0.493 e. The Kier molecular flexibility index (Phi) is 8.38. The quantitative estimate of drug-likeness (QED) is 0.133. The molecule has 0 fully saturated rings. The molecule has 0 N–H and O–H groups in total. The smallest absolute Gasteiger partial charge is 0.355 e. The van der Waals surface area contributed by atoms with Gasteiger partial charge in [-0.3, -0.25) is 4.68 Å². The molecule has 2 aromatic heterocycles. The zero-order valence-electron chi connectivity index (χ0n) is 26.8. The highest BCUT2D eigenvalue weighted by Gasteiger charge is 2.31. The number of carbonyl (C=O) groups is 1. The SMILES string of the molecule is CCOC(=O)c1c(CCCOc2cccc3c2CCC3)c2ccc(F)c3c2n1Cc1ccccc1COCc1c-3c(CC)nn1C. The number of halogens is 1. The maximum absolute atomic E-state index is 16.3. The fraction of sp³-hybridized carbons (Fsp3) is 0.368. The van der Waals surface area contributed by atoms with Crippen molar-refractivity contribution in [3.63, 3.8) is 0 Å². The van der Waals surface area contributed by atoms with Gasteiger partial charge in [0.15, 0.2) is 0 Å². The van der Waals surface area contributed by atoms with Crippen LogP contribution in [0.3, 0.4) is 0 Å². The van der Waals surface area contributed by atoms with Crippen LogP contribution in [-0.2, 0) is 62.0 Å². The highest BCUT2D eigenvalue weighted by Crippen LogP contribution is 2.41. The maximum Gasteiger partial charge on any atom is 0.355 e. The minimum Gasteiger partial charge on any atom is -0.493 e. The molecule has 0 bridgehead atoms. The molecule has 5 aromatic rings. The third-order valence-electron chi connectivity index (χ3n) is 9.44. The molecule has 1 aliphatic heterocycles. The van der Waals surface area contributed by atoms with Crippen LogP contribution in [0, 0.1) is 5.82 Å². The van der Waals surface area contributed by atoms with E-state index in [2.05, 4.69) is 18.2 Å². The Bertz CT molecular complexity index is 1940. The minimum absolute atomic E-state index is 0.237. The second-order valence-electron chi connectivity index (χ2n) is 12.2. The van der Waals surface area contributed by atoms with Gasteiger partial charge in [-0.15, -0.1) is 0 Å². The molecule has 0 amide bonds.